The number of hydrazone groups is 3. The Hall–Kier alpha value is -9.79. The Labute approximate surface area is 567 Å². The number of carbonyl (C=O) groups excluding carboxylic acids is 6. The molecule has 0 aliphatic carbocycles. The Kier molecular flexibility index (Phi) is 23.7. The Morgan fingerprint density at radius 1 is 0.242 bits per heavy atom. The van der Waals surface area contributed by atoms with Crippen LogP contribution >= 0.6 is 26.6 Å². The summed E-state index contributed by atoms with van der Waals surface area (Å²) in [4.78, 5) is 68.3. The molecule has 0 unspecified atom stereocenters. The molecule has 0 atom stereocenters. The van der Waals surface area contributed by atoms with Gasteiger partial charge in [-0.1, -0.05) is 0 Å². The van der Waals surface area contributed by atoms with Gasteiger partial charge in [0.25, 0.3) is 0 Å². The Morgan fingerprint density at radius 2 is 0.379 bits per heavy atom. The van der Waals surface area contributed by atoms with Crippen molar-refractivity contribution in [1.29, 1.82) is 0 Å². The minimum Gasteiger partial charge on any atom is -0.420 e. The van der Waals surface area contributed by atoms with Crippen LogP contribution in [0.2, 0.25) is 0 Å². The van der Waals surface area contributed by atoms with Crippen LogP contribution < -0.4 is 40.7 Å². The second kappa shape index (κ2) is 32.4. The summed E-state index contributed by atoms with van der Waals surface area (Å²) in [5.74, 6) is 2.81. The quantitative estimate of drug-likeness (QED) is 0.0161. The number of rotatable bonds is 33. The van der Waals surface area contributed by atoms with Crippen LogP contribution in [0.15, 0.2) is 234 Å². The van der Waals surface area contributed by atoms with Gasteiger partial charge < -0.3 is 40.7 Å². The molecule has 0 spiro atoms. The molecular formula is C66H54N6O15P4S4. The summed E-state index contributed by atoms with van der Waals surface area (Å²) in [6.45, 7) is -14.3. The molecule has 0 aromatic heterocycles. The average Bonchev–Trinajstić information content (AvgIpc) is 0.945. The zero-order valence-corrected chi connectivity index (χ0v) is 57.1. The van der Waals surface area contributed by atoms with E-state index in [1.165, 1.54) is 33.0 Å². The second-order valence-electron chi connectivity index (χ2n) is 19.7. The first-order valence-electron chi connectivity index (χ1n) is 27.9. The van der Waals surface area contributed by atoms with Crippen LogP contribution in [0.5, 0.6) is 51.7 Å². The fraction of sp³-hybridized carbons (Fsp3) is 0.0455. The molecule has 482 valence electrons. The van der Waals surface area contributed by atoms with Gasteiger partial charge in [0, 0.05) is 102 Å². The van der Waals surface area contributed by atoms with E-state index in [0.717, 1.165) is 0 Å². The van der Waals surface area contributed by atoms with E-state index in [1.807, 2.05) is 0 Å². The van der Waals surface area contributed by atoms with Gasteiger partial charge >= 0.3 is 26.6 Å². The molecule has 0 amide bonds. The van der Waals surface area contributed by atoms with Gasteiger partial charge in [0.15, 0.2) is 0 Å². The van der Waals surface area contributed by atoms with Crippen molar-refractivity contribution in [2.45, 2.75) is 0 Å². The fourth-order valence-electron chi connectivity index (χ4n) is 7.78. The highest BCUT2D eigenvalue weighted by Crippen LogP contribution is 2.55. The zero-order valence-electron chi connectivity index (χ0n) is 50.2. The fourth-order valence-corrected chi connectivity index (χ4v) is 15.4. The van der Waals surface area contributed by atoms with Crippen molar-refractivity contribution in [1.82, 2.24) is 14.3 Å². The minimum absolute atomic E-state index is 0.269. The van der Waals surface area contributed by atoms with Gasteiger partial charge in [0.05, 0.1) is 18.6 Å². The van der Waals surface area contributed by atoms with Gasteiger partial charge in [-0.2, -0.15) is 15.3 Å². The summed E-state index contributed by atoms with van der Waals surface area (Å²) in [6.07, 6.45) is 8.86. The second-order valence-corrected chi connectivity index (χ2v) is 32.3. The Balaban J connectivity index is 0.955. The Morgan fingerprint density at radius 3 is 0.526 bits per heavy atom. The van der Waals surface area contributed by atoms with Crippen molar-refractivity contribution in [3.63, 3.8) is 0 Å². The van der Waals surface area contributed by atoms with Crippen molar-refractivity contribution in [3.8, 4) is 51.7 Å². The summed E-state index contributed by atoms with van der Waals surface area (Å²) < 4.78 is 61.2. The van der Waals surface area contributed by atoms with Crippen LogP contribution in [0.4, 0.5) is 0 Å². The van der Waals surface area contributed by atoms with E-state index in [1.54, 1.807) is 240 Å². The van der Waals surface area contributed by atoms with Crippen LogP contribution in [-0.4, -0.2) is 91.8 Å². The van der Waals surface area contributed by atoms with Crippen LogP contribution in [0, 0.1) is 0 Å². The molecular weight excluding hydrogens is 1370 g/mol. The first kappa shape index (κ1) is 69.5. The van der Waals surface area contributed by atoms with E-state index in [0.29, 0.717) is 122 Å². The van der Waals surface area contributed by atoms with E-state index in [-0.39, 0.29) is 17.2 Å². The number of hydrogen-bond acceptors (Lipinski definition) is 22. The van der Waals surface area contributed by atoms with E-state index in [2.05, 4.69) is 15.3 Å². The summed E-state index contributed by atoms with van der Waals surface area (Å²) in [5.41, 5.74) is 4.41. The van der Waals surface area contributed by atoms with E-state index < -0.39 is 26.6 Å². The van der Waals surface area contributed by atoms with Crippen LogP contribution in [0.1, 0.15) is 78.8 Å². The molecule has 95 heavy (non-hydrogen) atoms. The molecule has 21 nitrogen and oxygen atoms in total. The third kappa shape index (κ3) is 19.6. The lowest BCUT2D eigenvalue weighted by atomic mass is 10.2. The first-order chi connectivity index (χ1) is 45.8. The number of aldehydes is 6. The highest BCUT2D eigenvalue weighted by atomic mass is 32.5. The standard InChI is InChI=1S/C66H54N6O15P4S4/c1-70(88(92,79-58-28-10-52(43-73)11-29-58)80-59-30-12-53(44-74)13-31-59)67-40-49-4-22-64(23-5-49)85-91(95,86-65-24-6-50(7-25-65)41-68-71(2)89(93,81-60-32-14-54(45-75)15-33-60)82-61-34-16-55(46-76)17-35-61)87-66-26-8-51(9-27-66)42-69-72(3)90(94,83-62-36-18-56(47-77)19-37-62)84-63-38-20-57(48-78)21-39-63/h4-48H,1-3H3. The topological polar surface area (TPSA) is 232 Å². The van der Waals surface area contributed by atoms with Crippen molar-refractivity contribution in [3.05, 3.63) is 268 Å². The van der Waals surface area contributed by atoms with Gasteiger partial charge in [-0.3, -0.25) is 28.8 Å². The van der Waals surface area contributed by atoms with E-state index >= 15 is 0 Å². The van der Waals surface area contributed by atoms with Crippen molar-refractivity contribution >= 4 is 130 Å². The van der Waals surface area contributed by atoms with Gasteiger partial charge in [0.2, 0.25) is 0 Å². The average molecular weight is 1420 g/mol. The highest BCUT2D eigenvalue weighted by molar-refractivity contribution is 8.10. The molecule has 0 aliphatic rings. The minimum atomic E-state index is -3.86. The predicted molar refractivity (Wildman–Crippen MR) is 379 cm³/mol. The number of benzene rings is 9. The maximum absolute atomic E-state index is 11.4. The SMILES string of the molecule is CN(N=Cc1ccc(OP(=S)(Oc2ccc(C=NN(C)P(=S)(Oc3ccc(C=O)cc3)Oc3ccc(C=O)cc3)cc2)Oc2ccc(C=NN(C)P(=S)(Oc3ccc(C=O)cc3)Oc3ccc(C=O)cc3)cc2)cc1)P(=S)(Oc1ccc(C=O)cc1)Oc1ccc(C=O)cc1. The summed E-state index contributed by atoms with van der Waals surface area (Å²) in [6, 6.07) is 58.3. The van der Waals surface area contributed by atoms with Crippen molar-refractivity contribution in [2.24, 2.45) is 15.3 Å². The third-order valence-electron chi connectivity index (χ3n) is 12.9. The van der Waals surface area contributed by atoms with Crippen molar-refractivity contribution in [2.75, 3.05) is 21.1 Å². The summed E-state index contributed by atoms with van der Waals surface area (Å²) in [5, 5.41) is 13.8. The maximum atomic E-state index is 11.4. The number of carbonyl (C=O) groups is 6. The van der Waals surface area contributed by atoms with Crippen LogP contribution in [-0.2, 0) is 47.2 Å². The molecule has 29 heteroatoms. The predicted octanol–water partition coefficient (Wildman–Crippen LogP) is 15.3. The number of hydrogen-bond donors (Lipinski definition) is 0. The molecule has 0 saturated heterocycles. The molecule has 0 aliphatic heterocycles. The smallest absolute Gasteiger partial charge is 0.420 e. The van der Waals surface area contributed by atoms with Gasteiger partial charge in [-0.05, 0) is 235 Å². The molecule has 0 heterocycles. The third-order valence-corrected chi connectivity index (χ3v) is 23.4. The number of nitrogens with zero attached hydrogens (tertiary/aromatic N) is 6. The normalized spacial score (nSPS) is 12.1. The molecule has 0 N–H and O–H groups in total. The molecule has 9 aromatic rings. The van der Waals surface area contributed by atoms with Gasteiger partial charge in [-0.25, -0.2) is 14.3 Å². The maximum Gasteiger partial charge on any atom is 0.490 e. The first-order valence-corrected chi connectivity index (χ1v) is 38.3. The lowest BCUT2D eigenvalue weighted by molar-refractivity contribution is 0.111. The van der Waals surface area contributed by atoms with E-state index in [9.17, 15) is 28.8 Å². The lowest BCUT2D eigenvalue weighted by Crippen LogP contribution is -2.17. The zero-order chi connectivity index (χ0) is 67.4. The van der Waals surface area contributed by atoms with Gasteiger partial charge in [0.1, 0.15) is 89.5 Å². The summed E-state index contributed by atoms with van der Waals surface area (Å²) >= 11 is 24.2. The van der Waals surface area contributed by atoms with Crippen LogP contribution in [0.25, 0.3) is 0 Å². The molecule has 9 aromatic carbocycles. The molecule has 9 rings (SSSR count). The molecule has 0 saturated carbocycles. The highest BCUT2D eigenvalue weighted by Gasteiger charge is 2.32. The van der Waals surface area contributed by atoms with E-state index in [4.69, 9.17) is 87.9 Å². The van der Waals surface area contributed by atoms with Crippen LogP contribution in [0.3, 0.4) is 0 Å². The molecule has 0 fully saturated rings. The monoisotopic (exact) mass is 1420 g/mol. The van der Waals surface area contributed by atoms with Gasteiger partial charge in [-0.15, -0.1) is 0 Å². The van der Waals surface area contributed by atoms with Crippen molar-refractivity contribution < 1.29 is 69.5 Å². The lowest BCUT2D eigenvalue weighted by Gasteiger charge is -2.29. The Bertz CT molecular complexity index is 3840. The molecule has 0 radical (unpaired) electrons. The summed E-state index contributed by atoms with van der Waals surface area (Å²) in [7, 11) is 4.80. The molecule has 0 bridgehead atoms. The largest absolute Gasteiger partial charge is 0.490 e.